The molecular formula is C14H21N3O2S. The van der Waals surface area contributed by atoms with Gasteiger partial charge < -0.3 is 10.4 Å². The summed E-state index contributed by atoms with van der Waals surface area (Å²) in [5, 5.41) is 17.6. The lowest BCUT2D eigenvalue weighted by molar-refractivity contribution is 0.0873. The van der Waals surface area contributed by atoms with Gasteiger partial charge in [0.2, 0.25) is 0 Å². The molecule has 110 valence electrons. The minimum absolute atomic E-state index is 0.0948. The van der Waals surface area contributed by atoms with Gasteiger partial charge in [0, 0.05) is 12.4 Å². The molecule has 2 heterocycles. The molecule has 1 amide bonds. The molecule has 0 atom stereocenters. The predicted molar refractivity (Wildman–Crippen MR) is 81.3 cm³/mol. The fraction of sp³-hybridized carbons (Fsp3) is 0.571. The number of thiophene rings is 1. The van der Waals surface area contributed by atoms with E-state index in [-0.39, 0.29) is 12.5 Å². The van der Waals surface area contributed by atoms with Crippen LogP contribution in [-0.4, -0.2) is 32.9 Å². The largest absolute Gasteiger partial charge is 0.394 e. The van der Waals surface area contributed by atoms with Crippen LogP contribution in [0.4, 0.5) is 0 Å². The van der Waals surface area contributed by atoms with E-state index in [2.05, 4.69) is 24.3 Å². The molecule has 2 aromatic rings. The standard InChI is InChI=1S/C14H21N3O2S/c1-8(2)11-9-6-10(20-13(9)17(5)16-11)12(19)15-14(3,4)7-18/h6,8,18H,7H2,1-5H3,(H,15,19). The number of carbonyl (C=O) groups excluding carboxylic acids is 1. The molecule has 0 spiro atoms. The Morgan fingerprint density at radius 3 is 2.75 bits per heavy atom. The highest BCUT2D eigenvalue weighted by atomic mass is 32.1. The molecule has 20 heavy (non-hydrogen) atoms. The first-order valence-corrected chi connectivity index (χ1v) is 7.46. The second-order valence-electron chi connectivity index (χ2n) is 5.99. The molecule has 2 rings (SSSR count). The zero-order valence-corrected chi connectivity index (χ0v) is 13.3. The van der Waals surface area contributed by atoms with Crippen molar-refractivity contribution in [2.45, 2.75) is 39.2 Å². The summed E-state index contributed by atoms with van der Waals surface area (Å²) in [6, 6.07) is 1.89. The number of nitrogens with one attached hydrogen (secondary N) is 1. The van der Waals surface area contributed by atoms with Crippen molar-refractivity contribution in [2.75, 3.05) is 6.61 Å². The fourth-order valence-corrected chi connectivity index (χ4v) is 2.99. The molecule has 0 aromatic carbocycles. The Kier molecular flexibility index (Phi) is 3.88. The van der Waals surface area contributed by atoms with Gasteiger partial charge in [-0.15, -0.1) is 11.3 Å². The zero-order chi connectivity index (χ0) is 15.1. The molecule has 0 fully saturated rings. The summed E-state index contributed by atoms with van der Waals surface area (Å²) < 4.78 is 1.82. The van der Waals surface area contributed by atoms with Crippen molar-refractivity contribution in [3.8, 4) is 0 Å². The third-order valence-corrected chi connectivity index (χ3v) is 4.36. The zero-order valence-electron chi connectivity index (χ0n) is 12.5. The van der Waals surface area contributed by atoms with Crippen LogP contribution in [-0.2, 0) is 7.05 Å². The lowest BCUT2D eigenvalue weighted by atomic mass is 10.1. The third-order valence-electron chi connectivity index (χ3n) is 3.16. The maximum atomic E-state index is 12.2. The maximum Gasteiger partial charge on any atom is 0.261 e. The summed E-state index contributed by atoms with van der Waals surface area (Å²) in [7, 11) is 1.89. The van der Waals surface area contributed by atoms with Crippen LogP contribution in [0.15, 0.2) is 6.07 Å². The highest BCUT2D eigenvalue weighted by Crippen LogP contribution is 2.31. The Balaban J connectivity index is 2.37. The quantitative estimate of drug-likeness (QED) is 0.909. The van der Waals surface area contributed by atoms with Crippen molar-refractivity contribution in [1.29, 1.82) is 0 Å². The molecule has 5 nitrogen and oxygen atoms in total. The SMILES string of the molecule is CC(C)c1nn(C)c2sc(C(=O)NC(C)(C)CO)cc12. The molecular weight excluding hydrogens is 274 g/mol. The van der Waals surface area contributed by atoms with Gasteiger partial charge in [-0.05, 0) is 25.8 Å². The number of nitrogens with zero attached hydrogens (tertiary/aromatic N) is 2. The van der Waals surface area contributed by atoms with E-state index in [9.17, 15) is 9.90 Å². The second-order valence-corrected chi connectivity index (χ2v) is 7.02. The van der Waals surface area contributed by atoms with Crippen LogP contribution in [0.5, 0.6) is 0 Å². The number of hydrogen-bond acceptors (Lipinski definition) is 4. The van der Waals surface area contributed by atoms with Crippen molar-refractivity contribution in [3.05, 3.63) is 16.6 Å². The van der Waals surface area contributed by atoms with E-state index in [1.54, 1.807) is 13.8 Å². The van der Waals surface area contributed by atoms with Gasteiger partial charge >= 0.3 is 0 Å². The van der Waals surface area contributed by atoms with Crippen LogP contribution in [0.1, 0.15) is 49.0 Å². The van der Waals surface area contributed by atoms with Crippen LogP contribution < -0.4 is 5.32 Å². The topological polar surface area (TPSA) is 67.2 Å². The number of hydrogen-bond donors (Lipinski definition) is 2. The van der Waals surface area contributed by atoms with E-state index >= 15 is 0 Å². The fourth-order valence-electron chi connectivity index (χ4n) is 2.01. The highest BCUT2D eigenvalue weighted by molar-refractivity contribution is 7.20. The monoisotopic (exact) mass is 295 g/mol. The lowest BCUT2D eigenvalue weighted by Gasteiger charge is -2.22. The number of aliphatic hydroxyl groups is 1. The van der Waals surface area contributed by atoms with Gasteiger partial charge in [0.25, 0.3) is 5.91 Å². The van der Waals surface area contributed by atoms with Gasteiger partial charge in [0.15, 0.2) is 0 Å². The van der Waals surface area contributed by atoms with E-state index in [4.69, 9.17) is 0 Å². The van der Waals surface area contributed by atoms with Crippen molar-refractivity contribution in [2.24, 2.45) is 7.05 Å². The normalized spacial score (nSPS) is 12.3. The van der Waals surface area contributed by atoms with Gasteiger partial charge in [0.05, 0.1) is 22.7 Å². The third kappa shape index (κ3) is 2.71. The number of aromatic nitrogens is 2. The number of aryl methyl sites for hydroxylation is 1. The summed E-state index contributed by atoms with van der Waals surface area (Å²) in [6.07, 6.45) is 0. The van der Waals surface area contributed by atoms with Gasteiger partial charge in [-0.25, -0.2) is 0 Å². The van der Waals surface area contributed by atoms with Gasteiger partial charge in [0.1, 0.15) is 4.83 Å². The average Bonchev–Trinajstić information content (AvgIpc) is 2.90. The number of rotatable bonds is 4. The molecule has 0 aliphatic carbocycles. The molecule has 0 radical (unpaired) electrons. The maximum absolute atomic E-state index is 12.2. The van der Waals surface area contributed by atoms with Crippen LogP contribution in [0.25, 0.3) is 10.2 Å². The van der Waals surface area contributed by atoms with Crippen LogP contribution >= 0.6 is 11.3 Å². The Morgan fingerprint density at radius 1 is 1.55 bits per heavy atom. The van der Waals surface area contributed by atoms with Crippen molar-refractivity contribution >= 4 is 27.5 Å². The summed E-state index contributed by atoms with van der Waals surface area (Å²) in [6.45, 7) is 7.67. The summed E-state index contributed by atoms with van der Waals surface area (Å²) in [5.41, 5.74) is 0.395. The molecule has 0 aliphatic heterocycles. The minimum atomic E-state index is -0.619. The molecule has 0 aliphatic rings. The van der Waals surface area contributed by atoms with E-state index in [1.807, 2.05) is 17.8 Å². The Hall–Kier alpha value is -1.40. The summed E-state index contributed by atoms with van der Waals surface area (Å²) in [4.78, 5) is 13.9. The average molecular weight is 295 g/mol. The van der Waals surface area contributed by atoms with E-state index in [0.717, 1.165) is 15.9 Å². The lowest BCUT2D eigenvalue weighted by Crippen LogP contribution is -2.46. The summed E-state index contributed by atoms with van der Waals surface area (Å²) in [5.74, 6) is 0.165. The van der Waals surface area contributed by atoms with Crippen molar-refractivity contribution < 1.29 is 9.90 Å². The molecule has 2 N–H and O–H groups in total. The molecule has 0 saturated carbocycles. The number of amides is 1. The van der Waals surface area contributed by atoms with Gasteiger partial charge in [-0.1, -0.05) is 13.8 Å². The first-order valence-electron chi connectivity index (χ1n) is 6.65. The minimum Gasteiger partial charge on any atom is -0.394 e. The van der Waals surface area contributed by atoms with Crippen LogP contribution in [0.2, 0.25) is 0 Å². The van der Waals surface area contributed by atoms with E-state index in [0.29, 0.717) is 10.8 Å². The second kappa shape index (κ2) is 5.18. The van der Waals surface area contributed by atoms with Crippen molar-refractivity contribution in [3.63, 3.8) is 0 Å². The molecule has 6 heteroatoms. The molecule has 0 bridgehead atoms. The number of aliphatic hydroxyl groups excluding tert-OH is 1. The first-order chi connectivity index (χ1) is 9.25. The Morgan fingerprint density at radius 2 is 2.20 bits per heavy atom. The Bertz CT molecular complexity index is 640. The smallest absolute Gasteiger partial charge is 0.261 e. The van der Waals surface area contributed by atoms with E-state index in [1.165, 1.54) is 11.3 Å². The Labute approximate surface area is 122 Å². The van der Waals surface area contributed by atoms with E-state index < -0.39 is 5.54 Å². The molecule has 0 unspecified atom stereocenters. The van der Waals surface area contributed by atoms with Gasteiger partial charge in [-0.3, -0.25) is 9.48 Å². The van der Waals surface area contributed by atoms with Crippen molar-refractivity contribution in [1.82, 2.24) is 15.1 Å². The highest BCUT2D eigenvalue weighted by Gasteiger charge is 2.23. The van der Waals surface area contributed by atoms with Crippen LogP contribution in [0, 0.1) is 0 Å². The number of carbonyl (C=O) groups is 1. The number of fused-ring (bicyclic) bond motifs is 1. The summed E-state index contributed by atoms with van der Waals surface area (Å²) >= 11 is 1.43. The predicted octanol–water partition coefficient (Wildman–Crippen LogP) is 2.26. The first kappa shape index (κ1) is 15.0. The molecule has 0 saturated heterocycles. The molecule has 2 aromatic heterocycles. The van der Waals surface area contributed by atoms with Gasteiger partial charge in [-0.2, -0.15) is 5.10 Å². The van der Waals surface area contributed by atoms with Crippen LogP contribution in [0.3, 0.4) is 0 Å².